The summed E-state index contributed by atoms with van der Waals surface area (Å²) in [4.78, 5) is 4.16. The maximum atomic E-state index is 12.0. The van der Waals surface area contributed by atoms with Gasteiger partial charge in [0.25, 0.3) is 10.0 Å². The van der Waals surface area contributed by atoms with E-state index in [2.05, 4.69) is 9.71 Å². The van der Waals surface area contributed by atoms with Crippen LogP contribution in [0.1, 0.15) is 5.56 Å². The van der Waals surface area contributed by atoms with E-state index in [9.17, 15) is 8.42 Å². The normalized spacial score (nSPS) is 11.1. The number of hydrogen-bond acceptors (Lipinski definition) is 3. The SMILES string of the molecule is Cc1cnccc1NS(=O)(=O)c1ccccc1. The zero-order valence-electron chi connectivity index (χ0n) is 9.29. The molecule has 0 atom stereocenters. The predicted molar refractivity (Wildman–Crippen MR) is 66.2 cm³/mol. The summed E-state index contributed by atoms with van der Waals surface area (Å²) in [6, 6.07) is 9.90. The number of aryl methyl sites for hydroxylation is 1. The number of nitrogens with zero attached hydrogens (tertiary/aromatic N) is 1. The molecule has 2 aromatic rings. The fraction of sp³-hybridized carbons (Fsp3) is 0.0833. The van der Waals surface area contributed by atoms with Gasteiger partial charge in [0.05, 0.1) is 10.6 Å². The van der Waals surface area contributed by atoms with Crippen LogP contribution < -0.4 is 4.72 Å². The number of sulfonamides is 1. The highest BCUT2D eigenvalue weighted by molar-refractivity contribution is 7.92. The molecule has 88 valence electrons. The fourth-order valence-electron chi connectivity index (χ4n) is 1.39. The predicted octanol–water partition coefficient (Wildman–Crippen LogP) is 2.19. The van der Waals surface area contributed by atoms with Crippen molar-refractivity contribution in [3.8, 4) is 0 Å². The summed E-state index contributed by atoms with van der Waals surface area (Å²) in [5.74, 6) is 0. The molecule has 2 rings (SSSR count). The summed E-state index contributed by atoms with van der Waals surface area (Å²) in [7, 11) is -3.51. The molecule has 0 aliphatic carbocycles. The Labute approximate surface area is 100 Å². The molecule has 1 aromatic carbocycles. The standard InChI is InChI=1S/C12H12N2O2S/c1-10-9-13-8-7-12(10)14-17(15,16)11-5-3-2-4-6-11/h2-9H,1H3,(H,13,14). The molecule has 1 N–H and O–H groups in total. The van der Waals surface area contributed by atoms with Gasteiger partial charge in [-0.2, -0.15) is 0 Å². The first-order valence-corrected chi connectivity index (χ1v) is 6.56. The minimum atomic E-state index is -3.51. The monoisotopic (exact) mass is 248 g/mol. The third kappa shape index (κ3) is 2.62. The van der Waals surface area contributed by atoms with Crippen LogP contribution in [0.15, 0.2) is 53.7 Å². The van der Waals surface area contributed by atoms with Crippen molar-refractivity contribution in [3.63, 3.8) is 0 Å². The highest BCUT2D eigenvalue weighted by Gasteiger charge is 2.14. The van der Waals surface area contributed by atoms with Gasteiger partial charge in [0.2, 0.25) is 0 Å². The Morgan fingerprint density at radius 3 is 2.47 bits per heavy atom. The minimum Gasteiger partial charge on any atom is -0.279 e. The molecule has 0 spiro atoms. The van der Waals surface area contributed by atoms with E-state index in [1.54, 1.807) is 55.7 Å². The highest BCUT2D eigenvalue weighted by atomic mass is 32.2. The first-order valence-electron chi connectivity index (χ1n) is 5.08. The van der Waals surface area contributed by atoms with Crippen LogP contribution in [0.2, 0.25) is 0 Å². The van der Waals surface area contributed by atoms with Crippen molar-refractivity contribution in [3.05, 3.63) is 54.4 Å². The van der Waals surface area contributed by atoms with Gasteiger partial charge in [-0.25, -0.2) is 8.42 Å². The second kappa shape index (κ2) is 4.55. The topological polar surface area (TPSA) is 59.1 Å². The Bertz CT molecular complexity index is 609. The van der Waals surface area contributed by atoms with Crippen LogP contribution in [0.4, 0.5) is 5.69 Å². The molecule has 1 aromatic heterocycles. The summed E-state index contributed by atoms with van der Waals surface area (Å²) in [5.41, 5.74) is 1.33. The van der Waals surface area contributed by atoms with Crippen molar-refractivity contribution in [1.29, 1.82) is 0 Å². The third-order valence-electron chi connectivity index (χ3n) is 2.32. The van der Waals surface area contributed by atoms with E-state index < -0.39 is 10.0 Å². The molecule has 0 amide bonds. The van der Waals surface area contributed by atoms with Gasteiger partial charge in [0.1, 0.15) is 0 Å². The second-order valence-corrected chi connectivity index (χ2v) is 5.29. The van der Waals surface area contributed by atoms with Crippen LogP contribution >= 0.6 is 0 Å². The Morgan fingerprint density at radius 1 is 1.12 bits per heavy atom. The van der Waals surface area contributed by atoms with Crippen LogP contribution in [0.25, 0.3) is 0 Å². The second-order valence-electron chi connectivity index (χ2n) is 3.61. The van der Waals surface area contributed by atoms with Gasteiger partial charge in [0.15, 0.2) is 0 Å². The minimum absolute atomic E-state index is 0.246. The van der Waals surface area contributed by atoms with E-state index in [0.29, 0.717) is 5.69 Å². The van der Waals surface area contributed by atoms with Gasteiger partial charge in [-0.15, -0.1) is 0 Å². The lowest BCUT2D eigenvalue weighted by Crippen LogP contribution is -2.13. The molecule has 0 aliphatic heterocycles. The molecular weight excluding hydrogens is 236 g/mol. The van der Waals surface area contributed by atoms with Crippen molar-refractivity contribution >= 4 is 15.7 Å². The highest BCUT2D eigenvalue weighted by Crippen LogP contribution is 2.17. The number of nitrogens with one attached hydrogen (secondary N) is 1. The fourth-order valence-corrected chi connectivity index (χ4v) is 2.54. The summed E-state index contributed by atoms with van der Waals surface area (Å²) in [5, 5.41) is 0. The molecule has 0 saturated heterocycles. The van der Waals surface area contributed by atoms with E-state index in [1.165, 1.54) is 0 Å². The summed E-state index contributed by atoms with van der Waals surface area (Å²) in [6.07, 6.45) is 3.17. The molecule has 0 radical (unpaired) electrons. The first kappa shape index (κ1) is 11.6. The number of rotatable bonds is 3. The van der Waals surface area contributed by atoms with E-state index in [0.717, 1.165) is 5.56 Å². The number of aromatic nitrogens is 1. The molecule has 0 bridgehead atoms. The maximum Gasteiger partial charge on any atom is 0.261 e. The Kier molecular flexibility index (Phi) is 3.10. The van der Waals surface area contributed by atoms with E-state index in [-0.39, 0.29) is 4.90 Å². The van der Waals surface area contributed by atoms with Crippen molar-refractivity contribution in [1.82, 2.24) is 4.98 Å². The van der Waals surface area contributed by atoms with Crippen molar-refractivity contribution in [2.45, 2.75) is 11.8 Å². The Morgan fingerprint density at radius 2 is 1.82 bits per heavy atom. The molecule has 0 aliphatic rings. The largest absolute Gasteiger partial charge is 0.279 e. The van der Waals surface area contributed by atoms with Crippen LogP contribution in [0.3, 0.4) is 0 Å². The molecular formula is C12H12N2O2S. The summed E-state index contributed by atoms with van der Waals surface area (Å²) in [6.45, 7) is 1.80. The molecule has 0 saturated carbocycles. The molecule has 0 fully saturated rings. The number of hydrogen-bond donors (Lipinski definition) is 1. The zero-order valence-corrected chi connectivity index (χ0v) is 10.1. The molecule has 4 nitrogen and oxygen atoms in total. The van der Waals surface area contributed by atoms with E-state index in [1.807, 2.05) is 0 Å². The molecule has 5 heteroatoms. The van der Waals surface area contributed by atoms with Crippen molar-refractivity contribution < 1.29 is 8.42 Å². The van der Waals surface area contributed by atoms with Crippen LogP contribution in [-0.4, -0.2) is 13.4 Å². The lowest BCUT2D eigenvalue weighted by atomic mass is 10.3. The quantitative estimate of drug-likeness (QED) is 0.905. The first-order chi connectivity index (χ1) is 8.09. The maximum absolute atomic E-state index is 12.0. The van der Waals surface area contributed by atoms with Crippen LogP contribution in [-0.2, 0) is 10.0 Å². The average Bonchev–Trinajstić information content (AvgIpc) is 2.33. The van der Waals surface area contributed by atoms with Crippen molar-refractivity contribution in [2.24, 2.45) is 0 Å². The van der Waals surface area contributed by atoms with Gasteiger partial charge in [-0.05, 0) is 30.7 Å². The molecule has 0 unspecified atom stereocenters. The van der Waals surface area contributed by atoms with E-state index in [4.69, 9.17) is 0 Å². The van der Waals surface area contributed by atoms with Crippen LogP contribution in [0, 0.1) is 6.92 Å². The number of benzene rings is 1. The van der Waals surface area contributed by atoms with Gasteiger partial charge >= 0.3 is 0 Å². The average molecular weight is 248 g/mol. The molecule has 1 heterocycles. The van der Waals surface area contributed by atoms with E-state index >= 15 is 0 Å². The van der Waals surface area contributed by atoms with Gasteiger partial charge < -0.3 is 0 Å². The Hall–Kier alpha value is -1.88. The molecule has 17 heavy (non-hydrogen) atoms. The van der Waals surface area contributed by atoms with Gasteiger partial charge in [-0.1, -0.05) is 18.2 Å². The summed E-state index contributed by atoms with van der Waals surface area (Å²) >= 11 is 0. The van der Waals surface area contributed by atoms with Crippen molar-refractivity contribution in [2.75, 3.05) is 4.72 Å². The smallest absolute Gasteiger partial charge is 0.261 e. The summed E-state index contributed by atoms with van der Waals surface area (Å²) < 4.78 is 26.6. The van der Waals surface area contributed by atoms with Gasteiger partial charge in [-0.3, -0.25) is 9.71 Å². The number of pyridine rings is 1. The third-order valence-corrected chi connectivity index (χ3v) is 3.70. The lowest BCUT2D eigenvalue weighted by molar-refractivity contribution is 0.601. The van der Waals surface area contributed by atoms with Gasteiger partial charge in [0, 0.05) is 12.4 Å². The number of anilines is 1. The Balaban J connectivity index is 2.34. The zero-order chi connectivity index (χ0) is 12.3. The lowest BCUT2D eigenvalue weighted by Gasteiger charge is -2.09. The van der Waals surface area contributed by atoms with Crippen LogP contribution in [0.5, 0.6) is 0 Å².